The maximum absolute atomic E-state index is 12.5. The van der Waals surface area contributed by atoms with Crippen LogP contribution in [0.1, 0.15) is 16.3 Å². The fourth-order valence-electron chi connectivity index (χ4n) is 2.71. The molecule has 27 heavy (non-hydrogen) atoms. The van der Waals surface area contributed by atoms with E-state index in [4.69, 9.17) is 4.74 Å². The van der Waals surface area contributed by atoms with Crippen LogP contribution in [0.5, 0.6) is 5.75 Å². The van der Waals surface area contributed by atoms with Crippen molar-refractivity contribution in [3.63, 3.8) is 0 Å². The van der Waals surface area contributed by atoms with Gasteiger partial charge in [0.15, 0.2) is 0 Å². The molecule has 0 bridgehead atoms. The van der Waals surface area contributed by atoms with Crippen LogP contribution in [-0.4, -0.2) is 46.6 Å². The third-order valence-electron chi connectivity index (χ3n) is 4.13. The Morgan fingerprint density at radius 2 is 2.19 bits per heavy atom. The van der Waals surface area contributed by atoms with Crippen molar-refractivity contribution in [3.8, 4) is 5.75 Å². The number of urea groups is 1. The second-order valence-corrected chi connectivity index (χ2v) is 8.13. The van der Waals surface area contributed by atoms with Crippen molar-refractivity contribution in [2.75, 3.05) is 18.7 Å². The normalized spacial score (nSPS) is 16.2. The number of benzene rings is 1. The molecule has 1 aromatic carbocycles. The number of thiazole rings is 1. The largest absolute Gasteiger partial charge is 0.497 e. The van der Waals surface area contributed by atoms with Crippen LogP contribution in [-0.2, 0) is 17.9 Å². The summed E-state index contributed by atoms with van der Waals surface area (Å²) in [5.41, 5.74) is 1.78. The van der Waals surface area contributed by atoms with Crippen molar-refractivity contribution < 1.29 is 14.3 Å². The number of aryl methyl sites for hydroxylation is 1. The van der Waals surface area contributed by atoms with Gasteiger partial charge in [0, 0.05) is 17.7 Å². The molecule has 1 atom stereocenters. The van der Waals surface area contributed by atoms with Gasteiger partial charge in [-0.2, -0.15) is 0 Å². The van der Waals surface area contributed by atoms with E-state index in [1.807, 2.05) is 36.6 Å². The van der Waals surface area contributed by atoms with Crippen LogP contribution in [0.2, 0.25) is 0 Å². The van der Waals surface area contributed by atoms with Crippen LogP contribution >= 0.6 is 23.1 Å². The van der Waals surface area contributed by atoms with Crippen LogP contribution in [0.4, 0.5) is 4.79 Å². The average Bonchev–Trinajstić information content (AvgIpc) is 3.33. The Bertz CT molecular complexity index is 811. The molecular weight excluding hydrogens is 384 g/mol. The molecule has 1 aliphatic heterocycles. The Kier molecular flexibility index (Phi) is 6.57. The lowest BCUT2D eigenvalue weighted by Gasteiger charge is -2.23. The second kappa shape index (κ2) is 9.09. The van der Waals surface area contributed by atoms with Gasteiger partial charge in [-0.05, 0) is 24.6 Å². The van der Waals surface area contributed by atoms with Crippen LogP contribution in [0.3, 0.4) is 0 Å². The van der Waals surface area contributed by atoms with Gasteiger partial charge in [-0.3, -0.25) is 4.79 Å². The van der Waals surface area contributed by atoms with Gasteiger partial charge in [0.2, 0.25) is 5.91 Å². The second-order valence-electron chi connectivity index (χ2n) is 6.07. The highest BCUT2D eigenvalue weighted by Gasteiger charge is 2.34. The Morgan fingerprint density at radius 1 is 1.33 bits per heavy atom. The van der Waals surface area contributed by atoms with E-state index in [2.05, 4.69) is 15.6 Å². The van der Waals surface area contributed by atoms with E-state index in [9.17, 15) is 9.59 Å². The minimum Gasteiger partial charge on any atom is -0.497 e. The molecule has 3 amide bonds. The minimum atomic E-state index is -0.472. The Labute approximate surface area is 166 Å². The molecule has 1 aromatic heterocycles. The van der Waals surface area contributed by atoms with Crippen molar-refractivity contribution >= 4 is 35.0 Å². The smallest absolute Gasteiger partial charge is 0.319 e. The predicted molar refractivity (Wildman–Crippen MR) is 107 cm³/mol. The minimum absolute atomic E-state index is 0.151. The summed E-state index contributed by atoms with van der Waals surface area (Å²) in [5, 5.41) is 8.66. The van der Waals surface area contributed by atoms with Crippen LogP contribution in [0.25, 0.3) is 0 Å². The first-order valence-corrected chi connectivity index (χ1v) is 10.5. The number of hydrogen-bond acceptors (Lipinski definition) is 6. The zero-order chi connectivity index (χ0) is 19.2. The molecule has 9 heteroatoms. The number of carbonyl (C=O) groups excluding carboxylic acids is 2. The number of rotatable bonds is 6. The summed E-state index contributed by atoms with van der Waals surface area (Å²) in [6.07, 6.45) is 0. The molecule has 1 unspecified atom stereocenters. The van der Waals surface area contributed by atoms with Gasteiger partial charge in [0.25, 0.3) is 0 Å². The molecule has 0 aliphatic carbocycles. The number of methoxy groups -OCH3 is 1. The molecule has 1 saturated heterocycles. The van der Waals surface area contributed by atoms with Crippen molar-refractivity contribution in [2.45, 2.75) is 26.1 Å². The first-order chi connectivity index (χ1) is 13.1. The molecule has 0 spiro atoms. The number of carbonyl (C=O) groups is 2. The lowest BCUT2D eigenvalue weighted by molar-refractivity contribution is -0.124. The SMILES string of the molecule is COc1cccc(CNC(=O)N2CSCC2C(=O)NCc2csc(C)n2)c1. The third kappa shape index (κ3) is 5.14. The maximum atomic E-state index is 12.5. The summed E-state index contributed by atoms with van der Waals surface area (Å²) in [5.74, 6) is 1.68. The van der Waals surface area contributed by atoms with Gasteiger partial charge in [-0.15, -0.1) is 23.1 Å². The predicted octanol–water partition coefficient (Wildman–Crippen LogP) is 2.36. The highest BCUT2D eigenvalue weighted by Crippen LogP contribution is 2.21. The first kappa shape index (κ1) is 19.5. The number of thioether (sulfide) groups is 1. The molecule has 3 rings (SSSR count). The standard InChI is InChI=1S/C18H22N4O3S2/c1-12-21-14(9-27-12)8-19-17(23)16-10-26-11-22(16)18(24)20-7-13-4-3-5-15(6-13)25-2/h3-6,9,16H,7-8,10-11H2,1-2H3,(H,19,23)(H,20,24). The molecule has 1 aliphatic rings. The fourth-order valence-corrected chi connectivity index (χ4v) is 4.47. The zero-order valence-corrected chi connectivity index (χ0v) is 16.9. The molecule has 2 N–H and O–H groups in total. The summed E-state index contributed by atoms with van der Waals surface area (Å²) in [6.45, 7) is 2.69. The molecule has 0 saturated carbocycles. The maximum Gasteiger partial charge on any atom is 0.319 e. The van der Waals surface area contributed by atoms with Gasteiger partial charge >= 0.3 is 6.03 Å². The summed E-state index contributed by atoms with van der Waals surface area (Å²) < 4.78 is 5.19. The molecule has 7 nitrogen and oxygen atoms in total. The zero-order valence-electron chi connectivity index (χ0n) is 15.2. The lowest BCUT2D eigenvalue weighted by Crippen LogP contribution is -2.50. The molecule has 144 valence electrons. The Morgan fingerprint density at radius 3 is 2.93 bits per heavy atom. The van der Waals surface area contributed by atoms with Gasteiger partial charge in [-0.25, -0.2) is 9.78 Å². The monoisotopic (exact) mass is 406 g/mol. The van der Waals surface area contributed by atoms with Gasteiger partial charge in [0.1, 0.15) is 11.8 Å². The number of aromatic nitrogens is 1. The van der Waals surface area contributed by atoms with Crippen LogP contribution in [0, 0.1) is 6.92 Å². The molecule has 0 radical (unpaired) electrons. The molecule has 1 fully saturated rings. The van der Waals surface area contributed by atoms with E-state index in [0.717, 1.165) is 22.0 Å². The van der Waals surface area contributed by atoms with Crippen molar-refractivity contribution in [1.29, 1.82) is 0 Å². The summed E-state index contributed by atoms with van der Waals surface area (Å²) in [7, 11) is 1.61. The number of nitrogens with one attached hydrogen (secondary N) is 2. The highest BCUT2D eigenvalue weighted by atomic mass is 32.2. The molecule has 2 heterocycles. The van der Waals surface area contributed by atoms with Crippen molar-refractivity contribution in [1.82, 2.24) is 20.5 Å². The van der Waals surface area contributed by atoms with Gasteiger partial charge in [0.05, 0.1) is 30.2 Å². The topological polar surface area (TPSA) is 83.6 Å². The first-order valence-electron chi connectivity index (χ1n) is 8.50. The fraction of sp³-hybridized carbons (Fsp3) is 0.389. The van der Waals surface area contributed by atoms with E-state index in [1.54, 1.807) is 35.1 Å². The number of amides is 3. The average molecular weight is 407 g/mol. The highest BCUT2D eigenvalue weighted by molar-refractivity contribution is 7.99. The number of ether oxygens (including phenoxy) is 1. The van der Waals surface area contributed by atoms with E-state index >= 15 is 0 Å². The van der Waals surface area contributed by atoms with E-state index in [-0.39, 0.29) is 11.9 Å². The quantitative estimate of drug-likeness (QED) is 0.769. The Hall–Kier alpha value is -2.26. The van der Waals surface area contributed by atoms with E-state index in [0.29, 0.717) is 24.7 Å². The molecular formula is C18H22N4O3S2. The summed E-state index contributed by atoms with van der Waals surface area (Å²) in [4.78, 5) is 31.0. The summed E-state index contributed by atoms with van der Waals surface area (Å²) in [6, 6.07) is 6.81. The lowest BCUT2D eigenvalue weighted by atomic mass is 10.2. The van der Waals surface area contributed by atoms with Crippen molar-refractivity contribution in [2.24, 2.45) is 0 Å². The Balaban J connectivity index is 1.53. The van der Waals surface area contributed by atoms with Gasteiger partial charge in [-0.1, -0.05) is 12.1 Å². The summed E-state index contributed by atoms with van der Waals surface area (Å²) >= 11 is 3.12. The number of hydrogen-bond donors (Lipinski definition) is 2. The third-order valence-corrected chi connectivity index (χ3v) is 5.97. The van der Waals surface area contributed by atoms with E-state index < -0.39 is 6.04 Å². The van der Waals surface area contributed by atoms with Crippen LogP contribution in [0.15, 0.2) is 29.6 Å². The van der Waals surface area contributed by atoms with Crippen LogP contribution < -0.4 is 15.4 Å². The molecule has 2 aromatic rings. The van der Waals surface area contributed by atoms with Crippen molar-refractivity contribution in [3.05, 3.63) is 45.9 Å². The van der Waals surface area contributed by atoms with Gasteiger partial charge < -0.3 is 20.3 Å². The number of nitrogens with zero attached hydrogens (tertiary/aromatic N) is 2. The van der Waals surface area contributed by atoms with E-state index in [1.165, 1.54) is 0 Å².